The SMILES string of the molecule is CCc1sc(C(=O)CCc2ccc(OCC(O)CNC(=O)CNC)cc2OC)c2c1CC(C)(C)CC2. The lowest BCUT2D eigenvalue weighted by Crippen LogP contribution is -2.39. The van der Waals surface area contributed by atoms with Gasteiger partial charge in [-0.3, -0.25) is 9.59 Å². The van der Waals surface area contributed by atoms with E-state index in [9.17, 15) is 14.7 Å². The molecule has 198 valence electrons. The Morgan fingerprint density at radius 1 is 1.25 bits per heavy atom. The second kappa shape index (κ2) is 12.7. The normalized spacial score (nSPS) is 15.2. The molecule has 0 fully saturated rings. The molecule has 3 rings (SSSR count). The van der Waals surface area contributed by atoms with Crippen molar-refractivity contribution in [3.63, 3.8) is 0 Å². The molecule has 0 saturated carbocycles. The number of carbonyl (C=O) groups excluding carboxylic acids is 2. The molecule has 0 saturated heterocycles. The zero-order chi connectivity index (χ0) is 26.3. The number of ether oxygens (including phenoxy) is 2. The second-order valence-corrected chi connectivity index (χ2v) is 11.3. The van der Waals surface area contributed by atoms with Crippen molar-refractivity contribution in [2.45, 2.75) is 65.4 Å². The van der Waals surface area contributed by atoms with E-state index in [1.54, 1.807) is 31.6 Å². The van der Waals surface area contributed by atoms with Crippen molar-refractivity contribution in [1.29, 1.82) is 0 Å². The van der Waals surface area contributed by atoms with Crippen LogP contribution in [0, 0.1) is 5.41 Å². The van der Waals surface area contributed by atoms with Crippen LogP contribution in [0.1, 0.15) is 64.9 Å². The summed E-state index contributed by atoms with van der Waals surface area (Å²) in [6.45, 7) is 7.16. The van der Waals surface area contributed by atoms with Crippen molar-refractivity contribution < 1.29 is 24.2 Å². The molecule has 1 aromatic heterocycles. The number of hydrogen-bond donors (Lipinski definition) is 3. The minimum absolute atomic E-state index is 0.0425. The van der Waals surface area contributed by atoms with Gasteiger partial charge in [0, 0.05) is 23.9 Å². The summed E-state index contributed by atoms with van der Waals surface area (Å²) >= 11 is 1.70. The minimum atomic E-state index is -0.829. The van der Waals surface area contributed by atoms with E-state index in [2.05, 4.69) is 31.4 Å². The lowest BCUT2D eigenvalue weighted by Gasteiger charge is -2.30. The number of ketones is 1. The number of methoxy groups -OCH3 is 1. The number of rotatable bonds is 13. The first-order valence-corrected chi connectivity index (χ1v) is 13.5. The standard InChI is InChI=1S/C28H40N2O5S/c1-6-25-22-14-28(2,3)12-11-21(22)27(36-25)23(32)10-8-18-7-9-20(13-24(18)34-5)35-17-19(31)15-30-26(33)16-29-4/h7,9,13,19,29,31H,6,8,10-12,14-17H2,1-5H3,(H,30,33). The number of carbonyl (C=O) groups is 2. The number of amides is 1. The number of aryl methyl sites for hydroxylation is 2. The van der Waals surface area contributed by atoms with Crippen LogP contribution < -0.4 is 20.1 Å². The van der Waals surface area contributed by atoms with Gasteiger partial charge in [0.25, 0.3) is 0 Å². The van der Waals surface area contributed by atoms with Crippen LogP contribution in [0.2, 0.25) is 0 Å². The molecule has 1 unspecified atom stereocenters. The summed E-state index contributed by atoms with van der Waals surface area (Å²) in [5, 5.41) is 15.5. The molecule has 7 nitrogen and oxygen atoms in total. The Morgan fingerprint density at radius 2 is 2.03 bits per heavy atom. The van der Waals surface area contributed by atoms with Crippen LogP contribution in [0.3, 0.4) is 0 Å². The van der Waals surface area contributed by atoms with Crippen molar-refractivity contribution in [3.05, 3.63) is 44.6 Å². The van der Waals surface area contributed by atoms with Gasteiger partial charge in [0.15, 0.2) is 5.78 Å². The van der Waals surface area contributed by atoms with E-state index in [4.69, 9.17) is 9.47 Å². The van der Waals surface area contributed by atoms with Gasteiger partial charge < -0.3 is 25.2 Å². The Hall–Kier alpha value is -2.42. The highest BCUT2D eigenvalue weighted by molar-refractivity contribution is 7.14. The summed E-state index contributed by atoms with van der Waals surface area (Å²) in [5.74, 6) is 1.24. The van der Waals surface area contributed by atoms with Gasteiger partial charge >= 0.3 is 0 Å². The Balaban J connectivity index is 1.59. The summed E-state index contributed by atoms with van der Waals surface area (Å²) in [5.41, 5.74) is 3.95. The fourth-order valence-corrected chi connectivity index (χ4v) is 5.93. The summed E-state index contributed by atoms with van der Waals surface area (Å²) in [4.78, 5) is 27.1. The van der Waals surface area contributed by atoms with E-state index in [1.165, 1.54) is 16.0 Å². The molecule has 0 bridgehead atoms. The number of Topliss-reactive ketones (excluding diaryl/α,β-unsaturated/α-hetero) is 1. The van der Waals surface area contributed by atoms with Gasteiger partial charge in [-0.15, -0.1) is 11.3 Å². The zero-order valence-electron chi connectivity index (χ0n) is 22.2. The number of thiophene rings is 1. The highest BCUT2D eigenvalue weighted by Gasteiger charge is 2.31. The van der Waals surface area contributed by atoms with Crippen molar-refractivity contribution in [2.24, 2.45) is 5.41 Å². The maximum Gasteiger partial charge on any atom is 0.234 e. The average molecular weight is 517 g/mol. The van der Waals surface area contributed by atoms with Crippen LogP contribution in [0.5, 0.6) is 11.5 Å². The van der Waals surface area contributed by atoms with Gasteiger partial charge in [-0.05, 0) is 67.3 Å². The van der Waals surface area contributed by atoms with Crippen molar-refractivity contribution in [2.75, 3.05) is 33.9 Å². The van der Waals surface area contributed by atoms with Crippen molar-refractivity contribution in [1.82, 2.24) is 10.6 Å². The van der Waals surface area contributed by atoms with Gasteiger partial charge in [0.2, 0.25) is 5.91 Å². The Kier molecular flexibility index (Phi) is 9.93. The summed E-state index contributed by atoms with van der Waals surface area (Å²) < 4.78 is 11.2. The molecular formula is C28H40N2O5S. The van der Waals surface area contributed by atoms with Crippen molar-refractivity contribution in [3.8, 4) is 11.5 Å². The molecule has 0 spiro atoms. The van der Waals surface area contributed by atoms with Gasteiger partial charge in [-0.25, -0.2) is 0 Å². The monoisotopic (exact) mass is 516 g/mol. The molecule has 36 heavy (non-hydrogen) atoms. The minimum Gasteiger partial charge on any atom is -0.496 e. The summed E-state index contributed by atoms with van der Waals surface area (Å²) in [6, 6.07) is 5.50. The fourth-order valence-electron chi connectivity index (χ4n) is 4.65. The van der Waals surface area contributed by atoms with E-state index in [1.807, 2.05) is 12.1 Å². The van der Waals surface area contributed by atoms with Crippen LogP contribution in [0.4, 0.5) is 0 Å². The maximum atomic E-state index is 13.3. The van der Waals surface area contributed by atoms with Crippen molar-refractivity contribution >= 4 is 23.0 Å². The van der Waals surface area contributed by atoms with Crippen LogP contribution in [-0.4, -0.2) is 56.8 Å². The predicted octanol–water partition coefficient (Wildman–Crippen LogP) is 3.72. The highest BCUT2D eigenvalue weighted by Crippen LogP contribution is 2.42. The molecule has 1 aliphatic carbocycles. The van der Waals surface area contributed by atoms with Gasteiger partial charge in [0.1, 0.15) is 24.2 Å². The first-order valence-electron chi connectivity index (χ1n) is 12.7. The average Bonchev–Trinajstić information content (AvgIpc) is 3.21. The molecule has 0 radical (unpaired) electrons. The number of aliphatic hydroxyl groups excluding tert-OH is 1. The first-order chi connectivity index (χ1) is 17.2. The Labute approximate surface area is 218 Å². The number of likely N-dealkylation sites (N-methyl/N-ethyl adjacent to an activating group) is 1. The molecule has 2 aromatic rings. The largest absolute Gasteiger partial charge is 0.496 e. The molecular weight excluding hydrogens is 476 g/mol. The van der Waals surface area contributed by atoms with E-state index in [0.717, 1.165) is 36.1 Å². The molecule has 8 heteroatoms. The number of fused-ring (bicyclic) bond motifs is 1. The second-order valence-electron chi connectivity index (χ2n) is 10.2. The third kappa shape index (κ3) is 7.31. The Morgan fingerprint density at radius 3 is 2.72 bits per heavy atom. The molecule has 1 aliphatic rings. The summed E-state index contributed by atoms with van der Waals surface area (Å²) in [7, 11) is 3.28. The fraction of sp³-hybridized carbons (Fsp3) is 0.571. The smallest absolute Gasteiger partial charge is 0.234 e. The van der Waals surface area contributed by atoms with E-state index >= 15 is 0 Å². The lowest BCUT2D eigenvalue weighted by molar-refractivity contribution is -0.120. The van der Waals surface area contributed by atoms with Crippen LogP contribution in [0.15, 0.2) is 18.2 Å². The Bertz CT molecular complexity index is 1060. The molecule has 1 amide bonds. The molecule has 0 aliphatic heterocycles. The molecule has 1 atom stereocenters. The van der Waals surface area contributed by atoms with Crippen LogP contribution >= 0.6 is 11.3 Å². The number of nitrogens with one attached hydrogen (secondary N) is 2. The third-order valence-corrected chi connectivity index (χ3v) is 8.14. The maximum absolute atomic E-state index is 13.3. The predicted molar refractivity (Wildman–Crippen MR) is 144 cm³/mol. The van der Waals surface area contributed by atoms with E-state index in [0.29, 0.717) is 29.8 Å². The highest BCUT2D eigenvalue weighted by atomic mass is 32.1. The third-order valence-electron chi connectivity index (χ3n) is 6.68. The zero-order valence-corrected chi connectivity index (χ0v) is 23.0. The van der Waals surface area contributed by atoms with E-state index in [-0.39, 0.29) is 31.4 Å². The topological polar surface area (TPSA) is 96.9 Å². The molecule has 3 N–H and O–H groups in total. The lowest BCUT2D eigenvalue weighted by atomic mass is 9.74. The van der Waals surface area contributed by atoms with Gasteiger partial charge in [0.05, 0.1) is 18.5 Å². The van der Waals surface area contributed by atoms with Gasteiger partial charge in [-0.2, -0.15) is 0 Å². The first kappa shape index (κ1) is 28.2. The number of aliphatic hydroxyl groups is 1. The van der Waals surface area contributed by atoms with Gasteiger partial charge in [-0.1, -0.05) is 26.8 Å². The molecule has 1 heterocycles. The molecule has 1 aromatic carbocycles. The van der Waals surface area contributed by atoms with Crippen LogP contribution in [0.25, 0.3) is 0 Å². The number of benzene rings is 1. The quantitative estimate of drug-likeness (QED) is 0.351. The summed E-state index contributed by atoms with van der Waals surface area (Å²) in [6.07, 6.45) is 4.32. The van der Waals surface area contributed by atoms with Crippen LogP contribution in [-0.2, 0) is 30.5 Å². The van der Waals surface area contributed by atoms with E-state index < -0.39 is 6.10 Å². The number of hydrogen-bond acceptors (Lipinski definition) is 7.